The van der Waals surface area contributed by atoms with Crippen molar-refractivity contribution in [3.05, 3.63) is 41.3 Å². The number of carboxylic acids is 1. The van der Waals surface area contributed by atoms with Crippen LogP contribution in [0.15, 0.2) is 36.4 Å². The third-order valence-corrected chi connectivity index (χ3v) is 4.97. The first-order valence-electron chi connectivity index (χ1n) is 8.44. The lowest BCUT2D eigenvalue weighted by Crippen LogP contribution is -2.36. The molecule has 0 fully saturated rings. The quantitative estimate of drug-likeness (QED) is 0.702. The fraction of sp³-hybridized carbons (Fsp3) is 0.316. The summed E-state index contributed by atoms with van der Waals surface area (Å²) in [6.07, 6.45) is 0. The average Bonchev–Trinajstić information content (AvgIpc) is 3.06. The molecule has 1 heterocycles. The highest BCUT2D eigenvalue weighted by atomic mass is 32.1. The summed E-state index contributed by atoms with van der Waals surface area (Å²) in [5, 5.41) is 11.7. The molecule has 0 saturated heterocycles. The molecule has 0 bridgehead atoms. The number of anilines is 1. The Morgan fingerprint density at radius 1 is 1.26 bits per heavy atom. The zero-order chi connectivity index (χ0) is 20.0. The Kier molecular flexibility index (Phi) is 6.95. The molecule has 27 heavy (non-hydrogen) atoms. The number of carboxylic acid groups (broad SMARTS) is 1. The maximum Gasteiger partial charge on any atom is 0.350 e. The molecule has 2 amide bonds. The second-order valence-electron chi connectivity index (χ2n) is 5.99. The number of rotatable bonds is 7. The Labute approximate surface area is 161 Å². The van der Waals surface area contributed by atoms with Gasteiger partial charge >= 0.3 is 18.0 Å². The van der Waals surface area contributed by atoms with Gasteiger partial charge in [-0.15, -0.1) is 11.3 Å². The summed E-state index contributed by atoms with van der Waals surface area (Å²) >= 11 is 1.23. The van der Waals surface area contributed by atoms with Gasteiger partial charge in [0.1, 0.15) is 4.88 Å². The predicted molar refractivity (Wildman–Crippen MR) is 104 cm³/mol. The van der Waals surface area contributed by atoms with E-state index in [1.54, 1.807) is 13.0 Å². The van der Waals surface area contributed by atoms with Crippen LogP contribution in [0.4, 0.5) is 10.5 Å². The van der Waals surface area contributed by atoms with E-state index in [1.165, 1.54) is 30.2 Å². The molecule has 0 saturated carbocycles. The number of esters is 1. The van der Waals surface area contributed by atoms with Gasteiger partial charge in [0.2, 0.25) is 0 Å². The highest BCUT2D eigenvalue weighted by Gasteiger charge is 2.22. The standard InChI is InChI=1S/C19H22N2O5S/c1-4-26-18(24)16-14(10-15(27-16)13-8-6-5-7-9-13)20-19(25)21(3)11-12(2)17(22)23/h5-10,12H,4,11H2,1-3H3,(H,20,25)(H,22,23). The first-order chi connectivity index (χ1) is 12.8. The molecule has 8 heteroatoms. The lowest BCUT2D eigenvalue weighted by Gasteiger charge is -2.20. The topological polar surface area (TPSA) is 95.9 Å². The molecule has 2 N–H and O–H groups in total. The molecule has 0 spiro atoms. The lowest BCUT2D eigenvalue weighted by atomic mass is 10.2. The molecule has 7 nitrogen and oxygen atoms in total. The van der Waals surface area contributed by atoms with Crippen LogP contribution in [-0.2, 0) is 9.53 Å². The van der Waals surface area contributed by atoms with Crippen LogP contribution in [-0.4, -0.2) is 48.2 Å². The van der Waals surface area contributed by atoms with E-state index in [-0.39, 0.29) is 13.2 Å². The highest BCUT2D eigenvalue weighted by Crippen LogP contribution is 2.35. The summed E-state index contributed by atoms with van der Waals surface area (Å²) in [7, 11) is 1.50. The van der Waals surface area contributed by atoms with E-state index in [1.807, 2.05) is 30.3 Å². The van der Waals surface area contributed by atoms with Gasteiger partial charge in [0.25, 0.3) is 0 Å². The van der Waals surface area contributed by atoms with Crippen LogP contribution in [0, 0.1) is 5.92 Å². The molecule has 0 aliphatic heterocycles. The van der Waals surface area contributed by atoms with E-state index in [2.05, 4.69) is 5.32 Å². The van der Waals surface area contributed by atoms with Crippen molar-refractivity contribution in [1.82, 2.24) is 4.90 Å². The van der Waals surface area contributed by atoms with Gasteiger partial charge in [-0.2, -0.15) is 0 Å². The number of amides is 2. The molecule has 1 aromatic heterocycles. The largest absolute Gasteiger partial charge is 0.481 e. The minimum absolute atomic E-state index is 0.0472. The van der Waals surface area contributed by atoms with Crippen LogP contribution in [0.25, 0.3) is 10.4 Å². The monoisotopic (exact) mass is 390 g/mol. The zero-order valence-corrected chi connectivity index (χ0v) is 16.2. The second-order valence-corrected chi connectivity index (χ2v) is 7.04. The van der Waals surface area contributed by atoms with Crippen molar-refractivity contribution in [2.24, 2.45) is 5.92 Å². The van der Waals surface area contributed by atoms with Gasteiger partial charge in [-0.3, -0.25) is 4.79 Å². The van der Waals surface area contributed by atoms with Crippen LogP contribution in [0.3, 0.4) is 0 Å². The minimum atomic E-state index is -0.983. The molecule has 2 aromatic rings. The molecule has 1 atom stereocenters. The van der Waals surface area contributed by atoms with Gasteiger partial charge in [-0.05, 0) is 18.6 Å². The molecule has 0 aliphatic carbocycles. The summed E-state index contributed by atoms with van der Waals surface area (Å²) in [4.78, 5) is 38.1. The normalized spacial score (nSPS) is 11.5. The first kappa shape index (κ1) is 20.4. The van der Waals surface area contributed by atoms with Crippen molar-refractivity contribution in [1.29, 1.82) is 0 Å². The summed E-state index contributed by atoms with van der Waals surface area (Å²) in [6.45, 7) is 3.50. The second kappa shape index (κ2) is 9.18. The maximum absolute atomic E-state index is 12.4. The van der Waals surface area contributed by atoms with E-state index < -0.39 is 23.9 Å². The number of urea groups is 1. The Bertz CT molecular complexity index is 819. The lowest BCUT2D eigenvalue weighted by molar-refractivity contribution is -0.141. The van der Waals surface area contributed by atoms with Crippen LogP contribution in [0.1, 0.15) is 23.5 Å². The number of ether oxygens (including phenoxy) is 1. The summed E-state index contributed by atoms with van der Waals surface area (Å²) in [5.41, 5.74) is 1.26. The van der Waals surface area contributed by atoms with E-state index in [4.69, 9.17) is 9.84 Å². The number of aliphatic carboxylic acids is 1. The van der Waals surface area contributed by atoms with Gasteiger partial charge in [-0.25, -0.2) is 9.59 Å². The maximum atomic E-state index is 12.4. The van der Waals surface area contributed by atoms with E-state index in [0.29, 0.717) is 10.6 Å². The van der Waals surface area contributed by atoms with Gasteiger partial charge in [0.15, 0.2) is 0 Å². The van der Waals surface area contributed by atoms with E-state index >= 15 is 0 Å². The Balaban J connectivity index is 2.25. The van der Waals surface area contributed by atoms with Gasteiger partial charge in [0.05, 0.1) is 18.2 Å². The first-order valence-corrected chi connectivity index (χ1v) is 9.26. The summed E-state index contributed by atoms with van der Waals surface area (Å²) < 4.78 is 5.08. The van der Waals surface area contributed by atoms with Gasteiger partial charge < -0.3 is 20.1 Å². The Morgan fingerprint density at radius 3 is 2.52 bits per heavy atom. The van der Waals surface area contributed by atoms with Crippen molar-refractivity contribution in [3.63, 3.8) is 0 Å². The number of thiophene rings is 1. The fourth-order valence-electron chi connectivity index (χ4n) is 2.36. The number of benzene rings is 1. The summed E-state index contributed by atoms with van der Waals surface area (Å²) in [6, 6.07) is 10.7. The molecule has 0 aliphatic rings. The minimum Gasteiger partial charge on any atom is -0.481 e. The third kappa shape index (κ3) is 5.30. The summed E-state index contributed by atoms with van der Waals surface area (Å²) in [5.74, 6) is -2.20. The van der Waals surface area contributed by atoms with Crippen LogP contribution >= 0.6 is 11.3 Å². The SMILES string of the molecule is CCOC(=O)c1sc(-c2ccccc2)cc1NC(=O)N(C)CC(C)C(=O)O. The molecule has 0 radical (unpaired) electrons. The predicted octanol–water partition coefficient (Wildman–Crippen LogP) is 3.78. The van der Waals surface area contributed by atoms with Crippen molar-refractivity contribution >= 4 is 35.0 Å². The molecule has 144 valence electrons. The molecule has 1 unspecified atom stereocenters. The van der Waals surface area contributed by atoms with Crippen LogP contribution < -0.4 is 5.32 Å². The van der Waals surface area contributed by atoms with Gasteiger partial charge in [0, 0.05) is 18.5 Å². The number of carbonyl (C=O) groups is 3. The zero-order valence-electron chi connectivity index (χ0n) is 15.4. The van der Waals surface area contributed by atoms with E-state index in [9.17, 15) is 14.4 Å². The van der Waals surface area contributed by atoms with Crippen molar-refractivity contribution in [2.75, 3.05) is 25.5 Å². The molecule has 1 aromatic carbocycles. The van der Waals surface area contributed by atoms with Gasteiger partial charge in [-0.1, -0.05) is 37.3 Å². The van der Waals surface area contributed by atoms with Crippen LogP contribution in [0.2, 0.25) is 0 Å². The molecular formula is C19H22N2O5S. The molecule has 2 rings (SSSR count). The number of hydrogen-bond donors (Lipinski definition) is 2. The smallest absolute Gasteiger partial charge is 0.350 e. The van der Waals surface area contributed by atoms with Crippen molar-refractivity contribution in [3.8, 4) is 10.4 Å². The molecular weight excluding hydrogens is 368 g/mol. The van der Waals surface area contributed by atoms with Crippen molar-refractivity contribution < 1.29 is 24.2 Å². The number of carbonyl (C=O) groups excluding carboxylic acids is 2. The Morgan fingerprint density at radius 2 is 1.93 bits per heavy atom. The van der Waals surface area contributed by atoms with E-state index in [0.717, 1.165) is 10.4 Å². The average molecular weight is 390 g/mol. The number of nitrogens with zero attached hydrogens (tertiary/aromatic N) is 1. The van der Waals surface area contributed by atoms with Crippen LogP contribution in [0.5, 0.6) is 0 Å². The third-order valence-electron chi connectivity index (χ3n) is 3.81. The fourth-order valence-corrected chi connectivity index (χ4v) is 3.37. The number of hydrogen-bond acceptors (Lipinski definition) is 5. The number of nitrogens with one attached hydrogen (secondary N) is 1. The highest BCUT2D eigenvalue weighted by molar-refractivity contribution is 7.18. The van der Waals surface area contributed by atoms with Crippen molar-refractivity contribution in [2.45, 2.75) is 13.8 Å². The Hall–Kier alpha value is -2.87.